The number of benzene rings is 1. The number of halogens is 1. The molecule has 1 aromatic carbocycles. The number of hydrogen-bond acceptors (Lipinski definition) is 3. The van der Waals surface area contributed by atoms with E-state index in [0.29, 0.717) is 23.6 Å². The molecule has 0 spiro atoms. The molecule has 2 rings (SSSR count). The molecule has 0 atom stereocenters. The van der Waals surface area contributed by atoms with Crippen LogP contribution in [0.4, 0.5) is 0 Å². The standard InChI is InChI=1S/C13H18ClNO3S/c1-10-8-11(14)2-3-12(10)19(17,18)15-9-13(4-5-13)6-7-16/h2-3,8,15-16H,4-7,9H2,1H3. The summed E-state index contributed by atoms with van der Waals surface area (Å²) in [6, 6.07) is 4.73. The van der Waals surface area contributed by atoms with Crippen molar-refractivity contribution in [2.45, 2.75) is 31.1 Å². The van der Waals surface area contributed by atoms with Crippen LogP contribution in [-0.2, 0) is 10.0 Å². The molecule has 0 amide bonds. The van der Waals surface area contributed by atoms with Crippen LogP contribution in [0.1, 0.15) is 24.8 Å². The van der Waals surface area contributed by atoms with E-state index in [4.69, 9.17) is 16.7 Å². The predicted molar refractivity (Wildman–Crippen MR) is 74.7 cm³/mol. The maximum atomic E-state index is 12.2. The van der Waals surface area contributed by atoms with Crippen molar-refractivity contribution in [3.8, 4) is 0 Å². The summed E-state index contributed by atoms with van der Waals surface area (Å²) in [5.41, 5.74) is 0.592. The smallest absolute Gasteiger partial charge is 0.240 e. The third-order valence-corrected chi connectivity index (χ3v) is 5.46. The second kappa shape index (κ2) is 5.40. The number of aryl methyl sites for hydroxylation is 1. The molecule has 2 N–H and O–H groups in total. The Morgan fingerprint density at radius 2 is 2.11 bits per heavy atom. The SMILES string of the molecule is Cc1cc(Cl)ccc1S(=O)(=O)NCC1(CCO)CC1. The van der Waals surface area contributed by atoms with E-state index in [9.17, 15) is 8.42 Å². The lowest BCUT2D eigenvalue weighted by Crippen LogP contribution is -2.31. The van der Waals surface area contributed by atoms with Gasteiger partial charge in [0.1, 0.15) is 0 Å². The van der Waals surface area contributed by atoms with Crippen molar-refractivity contribution in [3.05, 3.63) is 28.8 Å². The second-order valence-electron chi connectivity index (χ2n) is 5.21. The van der Waals surface area contributed by atoms with Crippen molar-refractivity contribution < 1.29 is 13.5 Å². The van der Waals surface area contributed by atoms with Gasteiger partial charge in [-0.2, -0.15) is 0 Å². The highest BCUT2D eigenvalue weighted by Crippen LogP contribution is 2.48. The average molecular weight is 304 g/mol. The lowest BCUT2D eigenvalue weighted by molar-refractivity contribution is 0.249. The highest BCUT2D eigenvalue weighted by molar-refractivity contribution is 7.89. The van der Waals surface area contributed by atoms with Gasteiger partial charge in [-0.3, -0.25) is 0 Å². The Balaban J connectivity index is 2.10. The van der Waals surface area contributed by atoms with E-state index in [1.165, 1.54) is 6.07 Å². The van der Waals surface area contributed by atoms with Crippen molar-refractivity contribution >= 4 is 21.6 Å². The van der Waals surface area contributed by atoms with Crippen LogP contribution in [-0.4, -0.2) is 26.7 Å². The molecule has 1 aromatic rings. The molecule has 0 heterocycles. The number of rotatable bonds is 6. The van der Waals surface area contributed by atoms with Gasteiger partial charge in [0.2, 0.25) is 10.0 Å². The van der Waals surface area contributed by atoms with Gasteiger partial charge in [-0.05, 0) is 55.4 Å². The first-order chi connectivity index (χ1) is 8.88. The van der Waals surface area contributed by atoms with Crippen LogP contribution < -0.4 is 4.72 Å². The van der Waals surface area contributed by atoms with Crippen molar-refractivity contribution in [3.63, 3.8) is 0 Å². The zero-order chi connectivity index (χ0) is 14.1. The van der Waals surface area contributed by atoms with E-state index in [0.717, 1.165) is 12.8 Å². The van der Waals surface area contributed by atoms with Gasteiger partial charge in [-0.25, -0.2) is 13.1 Å². The van der Waals surface area contributed by atoms with Gasteiger partial charge in [0.15, 0.2) is 0 Å². The summed E-state index contributed by atoms with van der Waals surface area (Å²) < 4.78 is 27.1. The molecule has 1 fully saturated rings. The summed E-state index contributed by atoms with van der Waals surface area (Å²) in [7, 11) is -3.51. The molecule has 4 nitrogen and oxygen atoms in total. The number of aliphatic hydroxyl groups is 1. The third-order valence-electron chi connectivity index (χ3n) is 3.66. The Labute approximate surface area is 118 Å². The summed E-state index contributed by atoms with van der Waals surface area (Å²) in [6.07, 6.45) is 2.58. The first-order valence-corrected chi connectivity index (χ1v) is 8.11. The summed E-state index contributed by atoms with van der Waals surface area (Å²) in [4.78, 5) is 0.261. The van der Waals surface area contributed by atoms with E-state index >= 15 is 0 Å². The van der Waals surface area contributed by atoms with E-state index in [1.807, 2.05) is 0 Å². The number of nitrogens with one attached hydrogen (secondary N) is 1. The zero-order valence-electron chi connectivity index (χ0n) is 10.8. The van der Waals surface area contributed by atoms with Crippen molar-refractivity contribution in [1.82, 2.24) is 4.72 Å². The highest BCUT2D eigenvalue weighted by Gasteiger charge is 2.42. The summed E-state index contributed by atoms with van der Waals surface area (Å²) in [5, 5.41) is 9.49. The van der Waals surface area contributed by atoms with E-state index < -0.39 is 10.0 Å². The number of sulfonamides is 1. The molecule has 1 aliphatic rings. The monoisotopic (exact) mass is 303 g/mol. The van der Waals surface area contributed by atoms with Gasteiger partial charge < -0.3 is 5.11 Å². The quantitative estimate of drug-likeness (QED) is 0.845. The molecular formula is C13H18ClNO3S. The molecule has 0 aliphatic heterocycles. The highest BCUT2D eigenvalue weighted by atomic mass is 35.5. The van der Waals surface area contributed by atoms with Crippen molar-refractivity contribution in [1.29, 1.82) is 0 Å². The Hall–Kier alpha value is -0.620. The summed E-state index contributed by atoms with van der Waals surface area (Å²) >= 11 is 5.82. The molecule has 6 heteroatoms. The van der Waals surface area contributed by atoms with Crippen LogP contribution in [0.5, 0.6) is 0 Å². The lowest BCUT2D eigenvalue weighted by Gasteiger charge is -2.15. The average Bonchev–Trinajstić information content (AvgIpc) is 3.07. The lowest BCUT2D eigenvalue weighted by atomic mass is 10.0. The van der Waals surface area contributed by atoms with Gasteiger partial charge in [-0.15, -0.1) is 0 Å². The number of aliphatic hydroxyl groups excluding tert-OH is 1. The first kappa shape index (κ1) is 14.8. The minimum Gasteiger partial charge on any atom is -0.396 e. The van der Waals surface area contributed by atoms with Crippen LogP contribution in [0.2, 0.25) is 5.02 Å². The van der Waals surface area contributed by atoms with E-state index in [-0.39, 0.29) is 16.9 Å². The molecule has 0 aromatic heterocycles. The molecule has 19 heavy (non-hydrogen) atoms. The topological polar surface area (TPSA) is 66.4 Å². The minimum atomic E-state index is -3.51. The van der Waals surface area contributed by atoms with Crippen LogP contribution in [0.3, 0.4) is 0 Å². The van der Waals surface area contributed by atoms with Gasteiger partial charge in [-0.1, -0.05) is 11.6 Å². The predicted octanol–water partition coefficient (Wildman–Crippen LogP) is 2.09. The van der Waals surface area contributed by atoms with E-state index in [1.54, 1.807) is 19.1 Å². The number of hydrogen-bond donors (Lipinski definition) is 2. The van der Waals surface area contributed by atoms with E-state index in [2.05, 4.69) is 4.72 Å². The largest absolute Gasteiger partial charge is 0.396 e. The molecule has 1 saturated carbocycles. The van der Waals surface area contributed by atoms with Crippen molar-refractivity contribution in [2.75, 3.05) is 13.2 Å². The third kappa shape index (κ3) is 3.48. The van der Waals surface area contributed by atoms with Gasteiger partial charge in [0.25, 0.3) is 0 Å². The van der Waals surface area contributed by atoms with Crippen LogP contribution in [0, 0.1) is 12.3 Å². The fraction of sp³-hybridized carbons (Fsp3) is 0.538. The molecule has 106 valence electrons. The Morgan fingerprint density at radius 3 is 2.63 bits per heavy atom. The molecule has 0 radical (unpaired) electrons. The Bertz CT molecular complexity index is 567. The Morgan fingerprint density at radius 1 is 1.42 bits per heavy atom. The first-order valence-electron chi connectivity index (χ1n) is 6.25. The van der Waals surface area contributed by atoms with Gasteiger partial charge in [0.05, 0.1) is 4.90 Å². The zero-order valence-corrected chi connectivity index (χ0v) is 12.4. The van der Waals surface area contributed by atoms with Crippen molar-refractivity contribution in [2.24, 2.45) is 5.41 Å². The van der Waals surface area contributed by atoms with Gasteiger partial charge in [0, 0.05) is 18.2 Å². The molecule has 1 aliphatic carbocycles. The van der Waals surface area contributed by atoms with Gasteiger partial charge >= 0.3 is 0 Å². The Kier molecular flexibility index (Phi) is 4.20. The minimum absolute atomic E-state index is 0.0395. The van der Waals surface area contributed by atoms with Crippen LogP contribution in [0.25, 0.3) is 0 Å². The fourth-order valence-corrected chi connectivity index (χ4v) is 3.78. The summed E-state index contributed by atoms with van der Waals surface area (Å²) in [6.45, 7) is 2.21. The molecule has 0 unspecified atom stereocenters. The van der Waals surface area contributed by atoms with Crippen LogP contribution >= 0.6 is 11.6 Å². The fourth-order valence-electron chi connectivity index (χ4n) is 2.17. The van der Waals surface area contributed by atoms with Crippen LogP contribution in [0.15, 0.2) is 23.1 Å². The normalized spacial score (nSPS) is 17.4. The molecular weight excluding hydrogens is 286 g/mol. The molecule has 0 saturated heterocycles. The maximum absolute atomic E-state index is 12.2. The summed E-state index contributed by atoms with van der Waals surface area (Å²) in [5.74, 6) is 0. The second-order valence-corrected chi connectivity index (χ2v) is 7.38. The molecule has 0 bridgehead atoms. The maximum Gasteiger partial charge on any atom is 0.240 e.